The largest absolute Gasteiger partial charge is 0.295 e. The second-order valence-corrected chi connectivity index (χ2v) is 5.70. The Balaban J connectivity index is 2.12. The second kappa shape index (κ2) is 5.41. The van der Waals surface area contributed by atoms with Crippen LogP contribution in [0.25, 0.3) is 0 Å². The Morgan fingerprint density at radius 2 is 2.12 bits per heavy atom. The van der Waals surface area contributed by atoms with Crippen LogP contribution in [0, 0.1) is 19.8 Å². The van der Waals surface area contributed by atoms with Gasteiger partial charge in [0.15, 0.2) is 0 Å². The van der Waals surface area contributed by atoms with E-state index in [-0.39, 0.29) is 0 Å². The quantitative estimate of drug-likeness (QED) is 0.740. The fourth-order valence-electron chi connectivity index (χ4n) is 2.72. The SMILES string of the molecule is Cc1ccc(C)c(CN2CCC(C)C2CCl)c1. The van der Waals surface area contributed by atoms with Gasteiger partial charge in [-0.05, 0) is 43.9 Å². The Kier molecular flexibility index (Phi) is 4.11. The lowest BCUT2D eigenvalue weighted by atomic mass is 10.0. The van der Waals surface area contributed by atoms with E-state index in [2.05, 4.69) is 43.9 Å². The molecule has 0 bridgehead atoms. The van der Waals surface area contributed by atoms with E-state index in [0.717, 1.165) is 18.3 Å². The van der Waals surface area contributed by atoms with Gasteiger partial charge in [0.1, 0.15) is 0 Å². The number of hydrogen-bond donors (Lipinski definition) is 0. The molecule has 17 heavy (non-hydrogen) atoms. The predicted octanol–water partition coefficient (Wildman–Crippen LogP) is 3.75. The van der Waals surface area contributed by atoms with Crippen LogP contribution in [0.3, 0.4) is 0 Å². The van der Waals surface area contributed by atoms with Gasteiger partial charge in [-0.1, -0.05) is 30.7 Å². The molecule has 2 unspecified atom stereocenters. The van der Waals surface area contributed by atoms with E-state index in [1.54, 1.807) is 0 Å². The Bertz CT molecular complexity index is 389. The number of aryl methyl sites for hydroxylation is 2. The molecule has 1 aromatic carbocycles. The molecule has 2 atom stereocenters. The number of rotatable bonds is 3. The van der Waals surface area contributed by atoms with Gasteiger partial charge in [0, 0.05) is 18.5 Å². The first-order valence-corrected chi connectivity index (χ1v) is 7.01. The topological polar surface area (TPSA) is 3.24 Å². The summed E-state index contributed by atoms with van der Waals surface area (Å²) in [5.41, 5.74) is 4.19. The molecule has 1 nitrogen and oxygen atoms in total. The highest BCUT2D eigenvalue weighted by Crippen LogP contribution is 2.27. The lowest BCUT2D eigenvalue weighted by Gasteiger charge is -2.25. The highest BCUT2D eigenvalue weighted by Gasteiger charge is 2.30. The van der Waals surface area contributed by atoms with Gasteiger partial charge in [-0.3, -0.25) is 4.90 Å². The molecule has 1 aliphatic rings. The monoisotopic (exact) mass is 251 g/mol. The number of nitrogens with zero attached hydrogens (tertiary/aromatic N) is 1. The molecule has 0 aliphatic carbocycles. The van der Waals surface area contributed by atoms with E-state index >= 15 is 0 Å². The van der Waals surface area contributed by atoms with E-state index in [1.807, 2.05) is 0 Å². The minimum atomic E-state index is 0.552. The molecule has 0 N–H and O–H groups in total. The number of halogens is 1. The maximum absolute atomic E-state index is 6.09. The van der Waals surface area contributed by atoms with Crippen LogP contribution >= 0.6 is 11.6 Å². The smallest absolute Gasteiger partial charge is 0.0382 e. The molecule has 0 radical (unpaired) electrons. The van der Waals surface area contributed by atoms with Crippen LogP contribution in [0.4, 0.5) is 0 Å². The summed E-state index contributed by atoms with van der Waals surface area (Å²) < 4.78 is 0. The van der Waals surface area contributed by atoms with Gasteiger partial charge < -0.3 is 0 Å². The van der Waals surface area contributed by atoms with Crippen molar-refractivity contribution >= 4 is 11.6 Å². The van der Waals surface area contributed by atoms with Crippen LogP contribution in [0.2, 0.25) is 0 Å². The van der Waals surface area contributed by atoms with Crippen molar-refractivity contribution < 1.29 is 0 Å². The highest BCUT2D eigenvalue weighted by atomic mass is 35.5. The molecule has 1 aliphatic heterocycles. The van der Waals surface area contributed by atoms with E-state index in [1.165, 1.54) is 29.7 Å². The zero-order valence-corrected chi connectivity index (χ0v) is 11.8. The van der Waals surface area contributed by atoms with E-state index in [9.17, 15) is 0 Å². The van der Waals surface area contributed by atoms with Crippen LogP contribution in [0.1, 0.15) is 30.0 Å². The molecule has 0 amide bonds. The molecule has 1 heterocycles. The predicted molar refractivity (Wildman–Crippen MR) is 74.6 cm³/mol. The third-order valence-electron chi connectivity index (χ3n) is 4.03. The summed E-state index contributed by atoms with van der Waals surface area (Å²) >= 11 is 6.09. The normalized spacial score (nSPS) is 25.4. The minimum Gasteiger partial charge on any atom is -0.295 e. The highest BCUT2D eigenvalue weighted by molar-refractivity contribution is 6.18. The zero-order valence-electron chi connectivity index (χ0n) is 11.0. The van der Waals surface area contributed by atoms with Gasteiger partial charge in [-0.2, -0.15) is 0 Å². The Hall–Kier alpha value is -0.530. The van der Waals surface area contributed by atoms with Crippen LogP contribution in [-0.2, 0) is 6.54 Å². The summed E-state index contributed by atoms with van der Waals surface area (Å²) in [6.45, 7) is 8.91. The maximum atomic E-state index is 6.09. The van der Waals surface area contributed by atoms with Crippen molar-refractivity contribution in [3.05, 3.63) is 34.9 Å². The zero-order chi connectivity index (χ0) is 12.4. The number of alkyl halides is 1. The van der Waals surface area contributed by atoms with Crippen LogP contribution in [0.5, 0.6) is 0 Å². The summed E-state index contributed by atoms with van der Waals surface area (Å²) in [6, 6.07) is 7.27. The number of likely N-dealkylation sites (tertiary alicyclic amines) is 1. The number of hydrogen-bond acceptors (Lipinski definition) is 1. The standard InChI is InChI=1S/C15H22ClN/c1-11-4-5-12(2)14(8-11)10-17-7-6-13(3)15(17)9-16/h4-5,8,13,15H,6-7,9-10H2,1-3H3. The summed E-state index contributed by atoms with van der Waals surface area (Å²) in [6.07, 6.45) is 1.28. The Morgan fingerprint density at radius 1 is 1.35 bits per heavy atom. The van der Waals surface area contributed by atoms with E-state index < -0.39 is 0 Å². The molecule has 0 spiro atoms. The van der Waals surface area contributed by atoms with Crippen molar-refractivity contribution in [3.63, 3.8) is 0 Å². The molecule has 1 aromatic rings. The van der Waals surface area contributed by atoms with Gasteiger partial charge in [0.05, 0.1) is 0 Å². The summed E-state index contributed by atoms with van der Waals surface area (Å²) in [4.78, 5) is 2.54. The first-order valence-electron chi connectivity index (χ1n) is 6.48. The lowest BCUT2D eigenvalue weighted by molar-refractivity contribution is 0.241. The van der Waals surface area contributed by atoms with Gasteiger partial charge in [-0.25, -0.2) is 0 Å². The fourth-order valence-corrected chi connectivity index (χ4v) is 3.22. The lowest BCUT2D eigenvalue weighted by Crippen LogP contribution is -2.33. The van der Waals surface area contributed by atoms with Gasteiger partial charge in [0.25, 0.3) is 0 Å². The third-order valence-corrected chi connectivity index (χ3v) is 4.35. The van der Waals surface area contributed by atoms with Crippen LogP contribution in [-0.4, -0.2) is 23.4 Å². The fraction of sp³-hybridized carbons (Fsp3) is 0.600. The molecular weight excluding hydrogens is 230 g/mol. The van der Waals surface area contributed by atoms with Gasteiger partial charge in [-0.15, -0.1) is 11.6 Å². The Morgan fingerprint density at radius 3 is 2.82 bits per heavy atom. The van der Waals surface area contributed by atoms with E-state index in [0.29, 0.717) is 6.04 Å². The van der Waals surface area contributed by atoms with Crippen molar-refractivity contribution in [2.24, 2.45) is 5.92 Å². The summed E-state index contributed by atoms with van der Waals surface area (Å²) in [5.74, 6) is 1.49. The second-order valence-electron chi connectivity index (χ2n) is 5.39. The molecule has 1 fully saturated rings. The minimum absolute atomic E-state index is 0.552. The maximum Gasteiger partial charge on any atom is 0.0382 e. The molecular formula is C15H22ClN. The third kappa shape index (κ3) is 2.83. The van der Waals surface area contributed by atoms with Crippen LogP contribution < -0.4 is 0 Å². The van der Waals surface area contributed by atoms with Crippen LogP contribution in [0.15, 0.2) is 18.2 Å². The molecule has 0 saturated carbocycles. The van der Waals surface area contributed by atoms with E-state index in [4.69, 9.17) is 11.6 Å². The number of benzene rings is 1. The molecule has 2 heteroatoms. The van der Waals surface area contributed by atoms with Crippen molar-refractivity contribution in [2.45, 2.75) is 39.8 Å². The van der Waals surface area contributed by atoms with Crippen molar-refractivity contribution in [1.82, 2.24) is 4.90 Å². The average Bonchev–Trinajstić information content (AvgIpc) is 2.64. The first-order chi connectivity index (χ1) is 8.11. The first kappa shape index (κ1) is 12.9. The summed E-state index contributed by atoms with van der Waals surface area (Å²) in [7, 11) is 0. The van der Waals surface area contributed by atoms with Crippen molar-refractivity contribution in [1.29, 1.82) is 0 Å². The molecule has 0 aromatic heterocycles. The molecule has 1 saturated heterocycles. The van der Waals surface area contributed by atoms with Gasteiger partial charge in [0.2, 0.25) is 0 Å². The van der Waals surface area contributed by atoms with Gasteiger partial charge >= 0.3 is 0 Å². The molecule has 94 valence electrons. The van der Waals surface area contributed by atoms with Crippen molar-refractivity contribution in [2.75, 3.05) is 12.4 Å². The summed E-state index contributed by atoms with van der Waals surface area (Å²) in [5, 5.41) is 0. The van der Waals surface area contributed by atoms with Crippen molar-refractivity contribution in [3.8, 4) is 0 Å². The molecule has 2 rings (SSSR count). The average molecular weight is 252 g/mol. The Labute approximate surface area is 110 Å².